The third-order valence-corrected chi connectivity index (χ3v) is 3.18. The highest BCUT2D eigenvalue weighted by Crippen LogP contribution is 2.11. The number of carbonyl (C=O) groups excluding carboxylic acids is 1. The number of carbonyl (C=O) groups is 1. The lowest BCUT2D eigenvalue weighted by Gasteiger charge is -2.03. The summed E-state index contributed by atoms with van der Waals surface area (Å²) in [6.45, 7) is 4.06. The van der Waals surface area contributed by atoms with E-state index in [1.165, 1.54) is 0 Å². The molecule has 2 aromatic carbocycles. The van der Waals surface area contributed by atoms with Gasteiger partial charge >= 0.3 is 0 Å². The van der Waals surface area contributed by atoms with Crippen LogP contribution in [0.1, 0.15) is 11.1 Å². The van der Waals surface area contributed by atoms with Crippen molar-refractivity contribution >= 4 is 23.7 Å². The maximum absolute atomic E-state index is 11.8. The van der Waals surface area contributed by atoms with Gasteiger partial charge < -0.3 is 4.74 Å². The summed E-state index contributed by atoms with van der Waals surface area (Å²) in [6.07, 6.45) is 3.52. The molecule has 1 N–H and O–H groups in total. The predicted octanol–water partition coefficient (Wildman–Crippen LogP) is 3.60. The molecule has 0 bridgehead atoms. The fraction of sp³-hybridized carbons (Fsp3) is 0.111. The second kappa shape index (κ2) is 8.76. The standard InChI is InChI=1S/C18H17ClN2O2/c1-2-11-23-17-9-5-15(6-10-17)13-20-21-18(22)12-14-3-7-16(19)8-4-14/h2-10,13H,1,11-12H2,(H,21,22). The number of halogens is 1. The van der Waals surface area contributed by atoms with Gasteiger partial charge in [-0.25, -0.2) is 5.43 Å². The number of amides is 1. The Hall–Kier alpha value is -2.59. The number of nitrogens with zero attached hydrogens (tertiary/aromatic N) is 1. The summed E-state index contributed by atoms with van der Waals surface area (Å²) in [5.74, 6) is 0.573. The number of hydrogen-bond donors (Lipinski definition) is 1. The highest BCUT2D eigenvalue weighted by molar-refractivity contribution is 6.30. The first-order chi connectivity index (χ1) is 11.2. The van der Waals surface area contributed by atoms with Crippen LogP contribution < -0.4 is 10.2 Å². The Morgan fingerprint density at radius 3 is 2.52 bits per heavy atom. The Bertz CT molecular complexity index is 679. The highest BCUT2D eigenvalue weighted by Gasteiger charge is 2.01. The molecule has 0 spiro atoms. The number of hydrazone groups is 1. The number of rotatable bonds is 7. The van der Waals surface area contributed by atoms with Crippen molar-refractivity contribution in [2.45, 2.75) is 6.42 Å². The van der Waals surface area contributed by atoms with Crippen LogP contribution in [0.15, 0.2) is 66.3 Å². The lowest BCUT2D eigenvalue weighted by atomic mass is 10.1. The van der Waals surface area contributed by atoms with Crippen molar-refractivity contribution in [3.8, 4) is 5.75 Å². The van der Waals surface area contributed by atoms with Crippen LogP contribution in [-0.4, -0.2) is 18.7 Å². The van der Waals surface area contributed by atoms with E-state index in [1.807, 2.05) is 36.4 Å². The average molecular weight is 329 g/mol. The second-order valence-corrected chi connectivity index (χ2v) is 5.20. The Morgan fingerprint density at radius 1 is 1.17 bits per heavy atom. The molecular formula is C18H17ClN2O2. The molecule has 4 nitrogen and oxygen atoms in total. The first kappa shape index (κ1) is 16.8. The van der Waals surface area contributed by atoms with Crippen LogP contribution in [0.25, 0.3) is 0 Å². The van der Waals surface area contributed by atoms with Gasteiger partial charge in [-0.15, -0.1) is 0 Å². The zero-order chi connectivity index (χ0) is 16.5. The maximum Gasteiger partial charge on any atom is 0.244 e. The van der Waals surface area contributed by atoms with Crippen LogP contribution in [0.5, 0.6) is 5.75 Å². The van der Waals surface area contributed by atoms with Crippen LogP contribution in [0, 0.1) is 0 Å². The van der Waals surface area contributed by atoms with Crippen LogP contribution >= 0.6 is 11.6 Å². The van der Waals surface area contributed by atoms with Gasteiger partial charge in [0.25, 0.3) is 0 Å². The molecule has 2 aromatic rings. The highest BCUT2D eigenvalue weighted by atomic mass is 35.5. The molecule has 0 aliphatic heterocycles. The van der Waals surface area contributed by atoms with E-state index in [0.29, 0.717) is 11.6 Å². The molecule has 0 aliphatic rings. The van der Waals surface area contributed by atoms with Crippen molar-refractivity contribution in [2.24, 2.45) is 5.10 Å². The van der Waals surface area contributed by atoms with Crippen LogP contribution in [0.3, 0.4) is 0 Å². The van der Waals surface area contributed by atoms with E-state index >= 15 is 0 Å². The molecule has 0 saturated carbocycles. The third-order valence-electron chi connectivity index (χ3n) is 2.93. The smallest absolute Gasteiger partial charge is 0.244 e. The molecule has 0 fully saturated rings. The Kier molecular flexibility index (Phi) is 6.39. The first-order valence-corrected chi connectivity index (χ1v) is 7.45. The zero-order valence-electron chi connectivity index (χ0n) is 12.5. The van der Waals surface area contributed by atoms with E-state index in [4.69, 9.17) is 16.3 Å². The number of benzene rings is 2. The van der Waals surface area contributed by atoms with Gasteiger partial charge in [0, 0.05) is 5.02 Å². The second-order valence-electron chi connectivity index (χ2n) is 4.77. The average Bonchev–Trinajstić information content (AvgIpc) is 2.56. The Morgan fingerprint density at radius 2 is 1.87 bits per heavy atom. The molecule has 0 aliphatic carbocycles. The number of nitrogens with one attached hydrogen (secondary N) is 1. The molecule has 0 unspecified atom stereocenters. The summed E-state index contributed by atoms with van der Waals surface area (Å²) in [5.41, 5.74) is 4.24. The molecule has 0 aromatic heterocycles. The molecule has 0 radical (unpaired) electrons. The molecule has 0 saturated heterocycles. The fourth-order valence-corrected chi connectivity index (χ4v) is 1.94. The summed E-state index contributed by atoms with van der Waals surface area (Å²) >= 11 is 5.80. The maximum atomic E-state index is 11.8. The van der Waals surface area contributed by atoms with Crippen LogP contribution in [0.2, 0.25) is 5.02 Å². The predicted molar refractivity (Wildman–Crippen MR) is 93.0 cm³/mol. The van der Waals surface area contributed by atoms with Gasteiger partial charge in [-0.2, -0.15) is 5.10 Å². The van der Waals surface area contributed by atoms with E-state index in [2.05, 4.69) is 17.1 Å². The van der Waals surface area contributed by atoms with Crippen molar-refractivity contribution < 1.29 is 9.53 Å². The quantitative estimate of drug-likeness (QED) is 0.479. The summed E-state index contributed by atoms with van der Waals surface area (Å²) in [5, 5.41) is 4.59. The SMILES string of the molecule is C=CCOc1ccc(C=NNC(=O)Cc2ccc(Cl)cc2)cc1. The van der Waals surface area contributed by atoms with Crippen molar-refractivity contribution in [2.75, 3.05) is 6.61 Å². The topological polar surface area (TPSA) is 50.7 Å². The van der Waals surface area contributed by atoms with Gasteiger partial charge in [-0.05, 0) is 47.5 Å². The molecule has 2 rings (SSSR count). The molecule has 0 heterocycles. The molecule has 1 amide bonds. The van der Waals surface area contributed by atoms with Crippen molar-refractivity contribution in [1.29, 1.82) is 0 Å². The van der Waals surface area contributed by atoms with Crippen LogP contribution in [-0.2, 0) is 11.2 Å². The zero-order valence-corrected chi connectivity index (χ0v) is 13.3. The monoisotopic (exact) mass is 328 g/mol. The summed E-state index contributed by atoms with van der Waals surface area (Å²) in [4.78, 5) is 11.8. The minimum atomic E-state index is -0.186. The molecule has 23 heavy (non-hydrogen) atoms. The van der Waals surface area contributed by atoms with E-state index in [1.54, 1.807) is 24.4 Å². The summed E-state index contributed by atoms with van der Waals surface area (Å²) < 4.78 is 5.39. The third kappa shape index (κ3) is 5.96. The largest absolute Gasteiger partial charge is 0.490 e. The lowest BCUT2D eigenvalue weighted by Crippen LogP contribution is -2.19. The van der Waals surface area contributed by atoms with Crippen LogP contribution in [0.4, 0.5) is 0 Å². The normalized spacial score (nSPS) is 10.5. The fourth-order valence-electron chi connectivity index (χ4n) is 1.81. The van der Waals surface area contributed by atoms with E-state index in [0.717, 1.165) is 16.9 Å². The first-order valence-electron chi connectivity index (χ1n) is 7.07. The lowest BCUT2D eigenvalue weighted by molar-refractivity contribution is -0.120. The van der Waals surface area contributed by atoms with E-state index in [9.17, 15) is 4.79 Å². The molecule has 5 heteroatoms. The summed E-state index contributed by atoms with van der Waals surface area (Å²) in [6, 6.07) is 14.5. The van der Waals surface area contributed by atoms with Gasteiger partial charge in [0.05, 0.1) is 12.6 Å². The molecular weight excluding hydrogens is 312 g/mol. The number of hydrogen-bond acceptors (Lipinski definition) is 3. The Balaban J connectivity index is 1.82. The van der Waals surface area contributed by atoms with E-state index < -0.39 is 0 Å². The summed E-state index contributed by atoms with van der Waals surface area (Å²) in [7, 11) is 0. The van der Waals surface area contributed by atoms with Gasteiger partial charge in [0.15, 0.2) is 0 Å². The van der Waals surface area contributed by atoms with Crippen molar-refractivity contribution in [1.82, 2.24) is 5.43 Å². The Labute approximate surface area is 140 Å². The van der Waals surface area contributed by atoms with Gasteiger partial charge in [0.1, 0.15) is 12.4 Å². The van der Waals surface area contributed by atoms with Crippen molar-refractivity contribution in [3.63, 3.8) is 0 Å². The van der Waals surface area contributed by atoms with E-state index in [-0.39, 0.29) is 12.3 Å². The molecule has 118 valence electrons. The minimum Gasteiger partial charge on any atom is -0.490 e. The number of ether oxygens (including phenoxy) is 1. The van der Waals surface area contributed by atoms with Gasteiger partial charge in [0.2, 0.25) is 5.91 Å². The van der Waals surface area contributed by atoms with Gasteiger partial charge in [-0.1, -0.05) is 36.4 Å². The minimum absolute atomic E-state index is 0.186. The van der Waals surface area contributed by atoms with Gasteiger partial charge in [-0.3, -0.25) is 4.79 Å². The van der Waals surface area contributed by atoms with Crippen molar-refractivity contribution in [3.05, 3.63) is 77.3 Å². The molecule has 0 atom stereocenters.